The first kappa shape index (κ1) is 9.20. The van der Waals surface area contributed by atoms with Crippen molar-refractivity contribution in [1.82, 2.24) is 0 Å². The minimum Gasteiger partial charge on any atom is -0.378 e. The highest BCUT2D eigenvalue weighted by Crippen LogP contribution is 2.36. The smallest absolute Gasteiger partial charge is 0.325 e. The van der Waals surface area contributed by atoms with Crippen LogP contribution >= 0.6 is 7.60 Å². The van der Waals surface area contributed by atoms with Crippen LogP contribution in [0.5, 0.6) is 0 Å². The summed E-state index contributed by atoms with van der Waals surface area (Å²) >= 11 is 0. The molecule has 0 spiro atoms. The van der Waals surface area contributed by atoms with E-state index in [1.807, 2.05) is 0 Å². The molecule has 0 aromatic heterocycles. The Kier molecular flexibility index (Phi) is 3.07. The molecule has 0 unspecified atom stereocenters. The Morgan fingerprint density at radius 1 is 1.55 bits per heavy atom. The van der Waals surface area contributed by atoms with Gasteiger partial charge in [0.05, 0.1) is 12.3 Å². The van der Waals surface area contributed by atoms with Crippen molar-refractivity contribution in [2.24, 2.45) is 0 Å². The summed E-state index contributed by atoms with van der Waals surface area (Å²) in [5.41, 5.74) is 0. The van der Waals surface area contributed by atoms with Gasteiger partial charge in [-0.05, 0) is 19.3 Å². The van der Waals surface area contributed by atoms with Gasteiger partial charge < -0.3 is 14.5 Å². The Bertz CT molecular complexity index is 158. The third-order valence-corrected chi connectivity index (χ3v) is 2.61. The largest absolute Gasteiger partial charge is 0.378 e. The van der Waals surface area contributed by atoms with E-state index in [4.69, 9.17) is 14.5 Å². The molecule has 0 radical (unpaired) electrons. The van der Waals surface area contributed by atoms with Crippen LogP contribution in [0.4, 0.5) is 0 Å². The molecule has 5 heteroatoms. The van der Waals surface area contributed by atoms with E-state index < -0.39 is 7.60 Å². The first-order valence-electron chi connectivity index (χ1n) is 3.74. The van der Waals surface area contributed by atoms with E-state index in [-0.39, 0.29) is 12.3 Å². The molecule has 0 amide bonds. The van der Waals surface area contributed by atoms with E-state index in [1.54, 1.807) is 0 Å². The van der Waals surface area contributed by atoms with Crippen molar-refractivity contribution in [1.29, 1.82) is 0 Å². The summed E-state index contributed by atoms with van der Waals surface area (Å²) in [6.07, 6.45) is 2.50. The van der Waals surface area contributed by atoms with Gasteiger partial charge in [0.2, 0.25) is 0 Å². The van der Waals surface area contributed by atoms with Crippen LogP contribution in [0.2, 0.25) is 0 Å². The van der Waals surface area contributed by atoms with Gasteiger partial charge in [-0.2, -0.15) is 0 Å². The van der Waals surface area contributed by atoms with Crippen LogP contribution in [-0.4, -0.2) is 28.7 Å². The van der Waals surface area contributed by atoms with Gasteiger partial charge in [0.1, 0.15) is 0 Å². The van der Waals surface area contributed by atoms with Crippen LogP contribution in [-0.2, 0) is 9.30 Å². The van der Waals surface area contributed by atoms with Crippen LogP contribution in [0.15, 0.2) is 0 Å². The van der Waals surface area contributed by atoms with Crippen molar-refractivity contribution < 1.29 is 19.1 Å². The van der Waals surface area contributed by atoms with Gasteiger partial charge in [0.15, 0.2) is 0 Å². The lowest BCUT2D eigenvalue weighted by molar-refractivity contribution is 0.107. The van der Waals surface area contributed by atoms with Crippen molar-refractivity contribution in [3.63, 3.8) is 0 Å². The lowest BCUT2D eigenvalue weighted by Crippen LogP contribution is -2.07. The Morgan fingerprint density at radius 2 is 2.27 bits per heavy atom. The van der Waals surface area contributed by atoms with Crippen molar-refractivity contribution in [3.05, 3.63) is 0 Å². The lowest BCUT2D eigenvalue weighted by Gasteiger charge is -2.08. The molecule has 0 aliphatic carbocycles. The minimum atomic E-state index is -3.80. The Balaban J connectivity index is 2.16. The zero-order chi connectivity index (χ0) is 8.32. The summed E-state index contributed by atoms with van der Waals surface area (Å²) in [6, 6.07) is 0. The fraction of sp³-hybridized carbons (Fsp3) is 1.00. The molecule has 1 atom stereocenters. The summed E-state index contributed by atoms with van der Waals surface area (Å²) in [6.45, 7) is 0.742. The van der Waals surface area contributed by atoms with Crippen molar-refractivity contribution in [3.8, 4) is 0 Å². The quantitative estimate of drug-likeness (QED) is 0.628. The molecular weight excluding hydrogens is 167 g/mol. The normalized spacial score (nSPS) is 25.8. The van der Waals surface area contributed by atoms with Gasteiger partial charge in [-0.1, -0.05) is 0 Å². The molecule has 0 saturated carbocycles. The molecule has 1 saturated heterocycles. The van der Waals surface area contributed by atoms with Crippen LogP contribution in [0, 0.1) is 0 Å². The standard InChI is InChI=1S/C6H13O4P/c7-11(8,9)5-3-6-2-1-4-10-6/h6H,1-5H2,(H2,7,8,9)/t6-/m0/s1. The van der Waals surface area contributed by atoms with E-state index in [0.29, 0.717) is 6.42 Å². The van der Waals surface area contributed by atoms with E-state index in [2.05, 4.69) is 0 Å². The molecule has 1 aliphatic rings. The van der Waals surface area contributed by atoms with Crippen molar-refractivity contribution in [2.75, 3.05) is 12.8 Å². The molecule has 1 fully saturated rings. The first-order chi connectivity index (χ1) is 5.08. The highest BCUT2D eigenvalue weighted by Gasteiger charge is 2.20. The first-order valence-corrected chi connectivity index (χ1v) is 5.54. The highest BCUT2D eigenvalue weighted by molar-refractivity contribution is 7.51. The molecule has 1 aliphatic heterocycles. The van der Waals surface area contributed by atoms with E-state index in [0.717, 1.165) is 19.4 Å². The predicted molar refractivity (Wildman–Crippen MR) is 40.5 cm³/mol. The Hall–Kier alpha value is 0.110. The summed E-state index contributed by atoms with van der Waals surface area (Å²) < 4.78 is 15.6. The van der Waals surface area contributed by atoms with Crippen LogP contribution < -0.4 is 0 Å². The maximum Gasteiger partial charge on any atom is 0.325 e. The summed E-state index contributed by atoms with van der Waals surface area (Å²) in [7, 11) is -3.80. The van der Waals surface area contributed by atoms with Gasteiger partial charge in [-0.3, -0.25) is 4.57 Å². The Morgan fingerprint density at radius 3 is 2.73 bits per heavy atom. The number of hydrogen-bond donors (Lipinski definition) is 2. The third-order valence-electron chi connectivity index (χ3n) is 1.77. The molecule has 2 N–H and O–H groups in total. The fourth-order valence-electron chi connectivity index (χ4n) is 1.18. The van der Waals surface area contributed by atoms with Gasteiger partial charge in [-0.25, -0.2) is 0 Å². The monoisotopic (exact) mass is 180 g/mol. The second kappa shape index (κ2) is 3.68. The summed E-state index contributed by atoms with van der Waals surface area (Å²) in [5, 5.41) is 0. The van der Waals surface area contributed by atoms with Gasteiger partial charge in [0, 0.05) is 6.61 Å². The molecule has 4 nitrogen and oxygen atoms in total. The molecule has 0 bridgehead atoms. The van der Waals surface area contributed by atoms with Gasteiger partial charge >= 0.3 is 7.60 Å². The minimum absolute atomic E-state index is 0.0440. The van der Waals surface area contributed by atoms with Crippen molar-refractivity contribution >= 4 is 7.60 Å². The van der Waals surface area contributed by atoms with Crippen molar-refractivity contribution in [2.45, 2.75) is 25.4 Å². The zero-order valence-electron chi connectivity index (χ0n) is 6.27. The number of ether oxygens (including phenoxy) is 1. The van der Waals surface area contributed by atoms with Gasteiger partial charge in [0.25, 0.3) is 0 Å². The second-order valence-corrected chi connectivity index (χ2v) is 4.59. The molecule has 0 aromatic rings. The fourth-order valence-corrected chi connectivity index (χ4v) is 1.81. The van der Waals surface area contributed by atoms with E-state index >= 15 is 0 Å². The topological polar surface area (TPSA) is 66.8 Å². The van der Waals surface area contributed by atoms with Crippen LogP contribution in [0.3, 0.4) is 0 Å². The predicted octanol–water partition coefficient (Wildman–Crippen LogP) is 0.733. The van der Waals surface area contributed by atoms with Gasteiger partial charge in [-0.15, -0.1) is 0 Å². The average molecular weight is 180 g/mol. The highest BCUT2D eigenvalue weighted by atomic mass is 31.2. The van der Waals surface area contributed by atoms with Crippen LogP contribution in [0.1, 0.15) is 19.3 Å². The molecular formula is C6H13O4P. The maximum absolute atomic E-state index is 10.4. The molecule has 0 aromatic carbocycles. The number of hydrogen-bond acceptors (Lipinski definition) is 2. The molecule has 66 valence electrons. The average Bonchev–Trinajstić information content (AvgIpc) is 2.32. The van der Waals surface area contributed by atoms with E-state index in [9.17, 15) is 4.57 Å². The summed E-state index contributed by atoms with van der Waals surface area (Å²) in [5.74, 6) is 0. The van der Waals surface area contributed by atoms with Crippen LogP contribution in [0.25, 0.3) is 0 Å². The summed E-state index contributed by atoms with van der Waals surface area (Å²) in [4.78, 5) is 17.1. The third kappa shape index (κ3) is 3.87. The Labute approximate surface area is 65.7 Å². The maximum atomic E-state index is 10.4. The SMILES string of the molecule is O=P(O)(O)CC[C@@H]1CCCO1. The zero-order valence-corrected chi connectivity index (χ0v) is 7.17. The molecule has 11 heavy (non-hydrogen) atoms. The second-order valence-electron chi connectivity index (χ2n) is 2.81. The number of rotatable bonds is 3. The molecule has 1 heterocycles. The van der Waals surface area contributed by atoms with E-state index in [1.165, 1.54) is 0 Å². The molecule has 1 rings (SSSR count). The lowest BCUT2D eigenvalue weighted by atomic mass is 10.2.